The molecule has 17 nitrogen and oxygen atoms in total. The molecule has 6 atom stereocenters. The molecule has 0 radical (unpaired) electrons. The van der Waals surface area contributed by atoms with E-state index in [1.54, 1.807) is 0 Å². The fourth-order valence-electron chi connectivity index (χ4n) is 12.5. The molecular formula is C81H158O17P2. The number of carbonyl (C=O) groups is 4. The zero-order chi connectivity index (χ0) is 73.5. The smallest absolute Gasteiger partial charge is 0.462 e. The van der Waals surface area contributed by atoms with Crippen molar-refractivity contribution in [1.29, 1.82) is 0 Å². The Hall–Kier alpha value is -1.94. The Balaban J connectivity index is 5.25. The first-order valence-corrected chi connectivity index (χ1v) is 45.0. The molecule has 0 amide bonds. The number of hydrogen-bond donors (Lipinski definition) is 3. The fraction of sp³-hybridized carbons (Fsp3) is 0.951. The van der Waals surface area contributed by atoms with Gasteiger partial charge in [-0.3, -0.25) is 37.3 Å². The van der Waals surface area contributed by atoms with Gasteiger partial charge in [0.1, 0.15) is 19.3 Å². The number of rotatable bonds is 80. The molecule has 0 heterocycles. The van der Waals surface area contributed by atoms with E-state index in [4.69, 9.17) is 37.0 Å². The van der Waals surface area contributed by atoms with E-state index in [0.717, 1.165) is 102 Å². The second-order valence-corrected chi connectivity index (χ2v) is 32.8. The minimum atomic E-state index is -4.96. The van der Waals surface area contributed by atoms with Crippen molar-refractivity contribution in [3.8, 4) is 0 Å². The summed E-state index contributed by atoms with van der Waals surface area (Å²) < 4.78 is 68.7. The molecule has 19 heteroatoms. The summed E-state index contributed by atoms with van der Waals surface area (Å²) >= 11 is 0. The van der Waals surface area contributed by atoms with Crippen molar-refractivity contribution >= 4 is 39.5 Å². The average molecular weight is 1470 g/mol. The molecule has 0 aromatic rings. The van der Waals surface area contributed by atoms with E-state index in [9.17, 15) is 43.2 Å². The van der Waals surface area contributed by atoms with E-state index in [1.165, 1.54) is 244 Å². The third-order valence-electron chi connectivity index (χ3n) is 19.3. The molecule has 0 aromatic heterocycles. The minimum Gasteiger partial charge on any atom is -0.462 e. The molecule has 0 aromatic carbocycles. The standard InChI is InChI=1S/C81H158O17P2/c1-7-10-12-14-16-18-20-22-23-24-25-26-31-34-38-45-51-57-63-78(83)91-69-76(97-81(86)66-60-54-48-40-36-32-28-27-30-33-37-44-50-56-62-74(6)9-3)71-95-99(87,88)93-67-75(82)68-94-100(89,90)96-72-77(70-92-79(84)64-58-52-46-42-41-43-49-55-61-73(4)5)98-80(85)65-59-53-47-39-35-29-21-19-17-15-13-11-8-2/h73-77,82H,7-72H2,1-6H3,(H,87,88)(H,89,90)/t74?,75-,76-,77-/m1/s1. The van der Waals surface area contributed by atoms with E-state index >= 15 is 0 Å². The van der Waals surface area contributed by atoms with Gasteiger partial charge in [0, 0.05) is 25.7 Å². The predicted molar refractivity (Wildman–Crippen MR) is 409 cm³/mol. The lowest BCUT2D eigenvalue weighted by atomic mass is 9.99. The number of aliphatic hydroxyl groups excluding tert-OH is 1. The molecule has 0 aliphatic heterocycles. The first-order chi connectivity index (χ1) is 48.4. The third kappa shape index (κ3) is 73.0. The summed E-state index contributed by atoms with van der Waals surface area (Å²) in [6.45, 7) is 9.66. The highest BCUT2D eigenvalue weighted by molar-refractivity contribution is 7.47. The number of hydrogen-bond acceptors (Lipinski definition) is 15. The maximum atomic E-state index is 13.1. The SMILES string of the molecule is CCCCCCCCCCCCCCCCCCCCC(=O)OC[C@H](COP(=O)(O)OC[C@@H](O)COP(=O)(O)OC[C@@H](COC(=O)CCCCCCCCCCC(C)C)OC(=O)CCCCCCCCCCCCCCC)OC(=O)CCCCCCCCCCCCCCCCC(C)CC. The van der Waals surface area contributed by atoms with Crippen molar-refractivity contribution in [1.82, 2.24) is 0 Å². The van der Waals surface area contributed by atoms with Crippen LogP contribution in [0.1, 0.15) is 427 Å². The van der Waals surface area contributed by atoms with Crippen LogP contribution in [-0.2, 0) is 65.4 Å². The first-order valence-electron chi connectivity index (χ1n) is 42.0. The number of phosphoric ester groups is 2. The summed E-state index contributed by atoms with van der Waals surface area (Å²) in [4.78, 5) is 73.0. The maximum Gasteiger partial charge on any atom is 0.472 e. The van der Waals surface area contributed by atoms with Gasteiger partial charge in [-0.2, -0.15) is 0 Å². The Labute approximate surface area is 613 Å². The van der Waals surface area contributed by atoms with Gasteiger partial charge >= 0.3 is 39.5 Å². The molecule has 3 unspecified atom stereocenters. The molecule has 0 spiro atoms. The summed E-state index contributed by atoms with van der Waals surface area (Å²) in [5.41, 5.74) is 0. The van der Waals surface area contributed by atoms with Gasteiger partial charge in [0.25, 0.3) is 0 Å². The molecule has 0 saturated carbocycles. The summed E-state index contributed by atoms with van der Waals surface area (Å²) in [5.74, 6) is -0.535. The normalized spacial score (nSPS) is 14.2. The van der Waals surface area contributed by atoms with Gasteiger partial charge in [0.15, 0.2) is 12.2 Å². The molecule has 594 valence electrons. The van der Waals surface area contributed by atoms with Crippen LogP contribution in [0.25, 0.3) is 0 Å². The topological polar surface area (TPSA) is 237 Å². The van der Waals surface area contributed by atoms with E-state index in [1.807, 2.05) is 0 Å². The first kappa shape index (κ1) is 98.1. The quantitative estimate of drug-likeness (QED) is 0.0222. The van der Waals surface area contributed by atoms with Crippen LogP contribution in [0.2, 0.25) is 0 Å². The number of ether oxygens (including phenoxy) is 4. The van der Waals surface area contributed by atoms with Crippen LogP contribution in [0.3, 0.4) is 0 Å². The van der Waals surface area contributed by atoms with Crippen molar-refractivity contribution in [3.05, 3.63) is 0 Å². The zero-order valence-corrected chi connectivity index (χ0v) is 67.3. The van der Waals surface area contributed by atoms with Gasteiger partial charge in [-0.15, -0.1) is 0 Å². The maximum absolute atomic E-state index is 13.1. The van der Waals surface area contributed by atoms with Crippen LogP contribution in [0.15, 0.2) is 0 Å². The monoisotopic (exact) mass is 1470 g/mol. The van der Waals surface area contributed by atoms with Crippen LogP contribution in [0, 0.1) is 11.8 Å². The average Bonchev–Trinajstić information content (AvgIpc) is 0.921. The Morgan fingerprint density at radius 2 is 0.510 bits per heavy atom. The second kappa shape index (κ2) is 72.6. The van der Waals surface area contributed by atoms with Crippen LogP contribution >= 0.6 is 15.6 Å². The van der Waals surface area contributed by atoms with Crippen LogP contribution in [-0.4, -0.2) is 96.7 Å². The lowest BCUT2D eigenvalue weighted by Gasteiger charge is -2.21. The molecule has 100 heavy (non-hydrogen) atoms. The van der Waals surface area contributed by atoms with Gasteiger partial charge in [-0.1, -0.05) is 375 Å². The zero-order valence-electron chi connectivity index (χ0n) is 65.5. The van der Waals surface area contributed by atoms with Crippen LogP contribution in [0.4, 0.5) is 0 Å². The van der Waals surface area contributed by atoms with E-state index in [-0.39, 0.29) is 25.7 Å². The number of esters is 4. The van der Waals surface area contributed by atoms with Gasteiger partial charge in [-0.05, 0) is 37.5 Å². The highest BCUT2D eigenvalue weighted by atomic mass is 31.2. The summed E-state index contributed by atoms with van der Waals surface area (Å²) in [5, 5.41) is 10.6. The van der Waals surface area contributed by atoms with Crippen LogP contribution < -0.4 is 0 Å². The summed E-state index contributed by atoms with van der Waals surface area (Å²) in [6, 6.07) is 0. The molecule has 0 aliphatic carbocycles. The van der Waals surface area contributed by atoms with E-state index < -0.39 is 97.5 Å². The largest absolute Gasteiger partial charge is 0.472 e. The molecular weight excluding hydrogens is 1310 g/mol. The van der Waals surface area contributed by atoms with Gasteiger partial charge in [0.2, 0.25) is 0 Å². The van der Waals surface area contributed by atoms with E-state index in [0.29, 0.717) is 25.7 Å². The molecule has 0 rings (SSSR count). The molecule has 0 fully saturated rings. The Kier molecular flexibility index (Phi) is 71.2. The van der Waals surface area contributed by atoms with Crippen molar-refractivity contribution in [2.45, 2.75) is 445 Å². The van der Waals surface area contributed by atoms with Gasteiger partial charge < -0.3 is 33.8 Å². The fourth-order valence-corrected chi connectivity index (χ4v) is 14.1. The van der Waals surface area contributed by atoms with Crippen molar-refractivity contribution < 1.29 is 80.2 Å². The second-order valence-electron chi connectivity index (χ2n) is 29.9. The molecule has 0 saturated heterocycles. The third-order valence-corrected chi connectivity index (χ3v) is 21.2. The minimum absolute atomic E-state index is 0.107. The lowest BCUT2D eigenvalue weighted by Crippen LogP contribution is -2.30. The Bertz CT molecular complexity index is 1930. The predicted octanol–water partition coefficient (Wildman–Crippen LogP) is 24.3. The Morgan fingerprint density at radius 3 is 0.760 bits per heavy atom. The van der Waals surface area contributed by atoms with Crippen molar-refractivity contribution in [2.24, 2.45) is 11.8 Å². The molecule has 0 aliphatic rings. The van der Waals surface area contributed by atoms with Gasteiger partial charge in [-0.25, -0.2) is 9.13 Å². The summed E-state index contributed by atoms with van der Waals surface area (Å²) in [6.07, 6.45) is 62.3. The van der Waals surface area contributed by atoms with Crippen molar-refractivity contribution in [3.63, 3.8) is 0 Å². The van der Waals surface area contributed by atoms with Gasteiger partial charge in [0.05, 0.1) is 26.4 Å². The lowest BCUT2D eigenvalue weighted by molar-refractivity contribution is -0.161. The Morgan fingerprint density at radius 1 is 0.290 bits per heavy atom. The molecule has 0 bridgehead atoms. The van der Waals surface area contributed by atoms with Crippen molar-refractivity contribution in [2.75, 3.05) is 39.6 Å². The molecule has 3 N–H and O–H groups in total. The summed E-state index contributed by atoms with van der Waals surface area (Å²) in [7, 11) is -9.92. The number of phosphoric acid groups is 2. The highest BCUT2D eigenvalue weighted by Gasteiger charge is 2.30. The van der Waals surface area contributed by atoms with Crippen LogP contribution in [0.5, 0.6) is 0 Å². The number of carbonyl (C=O) groups excluding carboxylic acids is 4. The number of aliphatic hydroxyl groups is 1. The van der Waals surface area contributed by atoms with E-state index in [2.05, 4.69) is 41.5 Å². The number of unbranched alkanes of at least 4 members (excludes halogenated alkanes) is 49. The highest BCUT2D eigenvalue weighted by Crippen LogP contribution is 2.45.